The second-order valence-electron chi connectivity index (χ2n) is 6.34. The normalized spacial score (nSPS) is 16.1. The molecular formula is C15H29NO4. The Morgan fingerprint density at radius 3 is 2.00 bits per heavy atom. The number of carboxylic acid groups (broad SMARTS) is 1. The standard InChI is InChI=1S/C15H29NO4/c1-7-15(6,11(4)5)13(10(2)3)14(19)16(20)9-8-12(17)18/h10-11,13,20H,7-9H2,1-6H3,(H,17,18). The van der Waals surface area contributed by atoms with Gasteiger partial charge in [-0.1, -0.05) is 41.5 Å². The van der Waals surface area contributed by atoms with Crippen LogP contribution in [-0.4, -0.2) is 33.8 Å². The van der Waals surface area contributed by atoms with E-state index in [0.29, 0.717) is 5.06 Å². The van der Waals surface area contributed by atoms with Crippen LogP contribution < -0.4 is 0 Å². The van der Waals surface area contributed by atoms with Crippen molar-refractivity contribution in [2.24, 2.45) is 23.2 Å². The average molecular weight is 287 g/mol. The summed E-state index contributed by atoms with van der Waals surface area (Å²) in [6, 6.07) is 0. The monoisotopic (exact) mass is 287 g/mol. The van der Waals surface area contributed by atoms with E-state index in [1.165, 1.54) is 0 Å². The Balaban J connectivity index is 5.18. The summed E-state index contributed by atoms with van der Waals surface area (Å²) in [5.41, 5.74) is -0.227. The number of rotatable bonds is 8. The van der Waals surface area contributed by atoms with Crippen LogP contribution in [0, 0.1) is 23.2 Å². The molecule has 0 radical (unpaired) electrons. The van der Waals surface area contributed by atoms with Gasteiger partial charge in [0.1, 0.15) is 0 Å². The smallest absolute Gasteiger partial charge is 0.305 e. The summed E-state index contributed by atoms with van der Waals surface area (Å²) in [6.45, 7) is 12.0. The molecule has 118 valence electrons. The van der Waals surface area contributed by atoms with E-state index >= 15 is 0 Å². The van der Waals surface area contributed by atoms with E-state index < -0.39 is 5.97 Å². The van der Waals surface area contributed by atoms with E-state index in [2.05, 4.69) is 20.8 Å². The third-order valence-corrected chi connectivity index (χ3v) is 4.52. The molecule has 1 amide bonds. The number of carbonyl (C=O) groups is 2. The van der Waals surface area contributed by atoms with E-state index in [4.69, 9.17) is 5.11 Å². The van der Waals surface area contributed by atoms with Gasteiger partial charge in [0.05, 0.1) is 13.0 Å². The molecule has 0 aromatic heterocycles. The zero-order valence-electron chi connectivity index (χ0n) is 13.5. The molecule has 0 saturated carbocycles. The highest BCUT2D eigenvalue weighted by atomic mass is 16.5. The van der Waals surface area contributed by atoms with Crippen molar-refractivity contribution in [3.63, 3.8) is 0 Å². The van der Waals surface area contributed by atoms with Gasteiger partial charge in [0.15, 0.2) is 0 Å². The minimum atomic E-state index is -1.03. The average Bonchev–Trinajstić information content (AvgIpc) is 2.34. The Morgan fingerprint density at radius 2 is 1.70 bits per heavy atom. The second-order valence-corrected chi connectivity index (χ2v) is 6.34. The summed E-state index contributed by atoms with van der Waals surface area (Å²) < 4.78 is 0. The van der Waals surface area contributed by atoms with Gasteiger partial charge in [0.2, 0.25) is 5.91 Å². The Bertz CT molecular complexity index is 341. The summed E-state index contributed by atoms with van der Waals surface area (Å²) in [6.07, 6.45) is 0.573. The molecule has 0 rings (SSSR count). The lowest BCUT2D eigenvalue weighted by Gasteiger charge is -2.42. The number of hydrogen-bond donors (Lipinski definition) is 2. The van der Waals surface area contributed by atoms with Crippen molar-refractivity contribution in [2.75, 3.05) is 6.54 Å². The van der Waals surface area contributed by atoms with E-state index in [1.807, 2.05) is 20.8 Å². The Labute approximate surface area is 121 Å². The predicted molar refractivity (Wildman–Crippen MR) is 77.3 cm³/mol. The fourth-order valence-corrected chi connectivity index (χ4v) is 2.79. The van der Waals surface area contributed by atoms with Crippen LogP contribution in [-0.2, 0) is 9.59 Å². The van der Waals surface area contributed by atoms with Gasteiger partial charge in [-0.05, 0) is 23.7 Å². The van der Waals surface area contributed by atoms with E-state index in [9.17, 15) is 14.8 Å². The van der Waals surface area contributed by atoms with Crippen LogP contribution in [0.5, 0.6) is 0 Å². The first-order valence-electron chi connectivity index (χ1n) is 7.29. The molecule has 0 aromatic carbocycles. The van der Waals surface area contributed by atoms with Crippen molar-refractivity contribution in [3.8, 4) is 0 Å². The lowest BCUT2D eigenvalue weighted by Crippen LogP contribution is -2.47. The maximum Gasteiger partial charge on any atom is 0.305 e. The molecule has 5 nitrogen and oxygen atoms in total. The molecule has 0 aliphatic rings. The van der Waals surface area contributed by atoms with Crippen molar-refractivity contribution in [1.82, 2.24) is 5.06 Å². The van der Waals surface area contributed by atoms with Crippen molar-refractivity contribution in [3.05, 3.63) is 0 Å². The van der Waals surface area contributed by atoms with Crippen molar-refractivity contribution >= 4 is 11.9 Å². The lowest BCUT2D eigenvalue weighted by atomic mass is 9.63. The molecule has 0 fully saturated rings. The Hall–Kier alpha value is -1.10. The van der Waals surface area contributed by atoms with E-state index in [1.54, 1.807) is 0 Å². The molecule has 0 bridgehead atoms. The van der Waals surface area contributed by atoms with Crippen LogP contribution >= 0.6 is 0 Å². The van der Waals surface area contributed by atoms with E-state index in [-0.39, 0.29) is 42.0 Å². The quantitative estimate of drug-likeness (QED) is 0.531. The van der Waals surface area contributed by atoms with Crippen molar-refractivity contribution in [1.29, 1.82) is 0 Å². The molecule has 2 atom stereocenters. The van der Waals surface area contributed by atoms with Gasteiger partial charge in [-0.15, -0.1) is 0 Å². The minimum absolute atomic E-state index is 0.0781. The van der Waals surface area contributed by atoms with Gasteiger partial charge in [0.25, 0.3) is 0 Å². The summed E-state index contributed by atoms with van der Waals surface area (Å²) in [5, 5.41) is 19.1. The van der Waals surface area contributed by atoms with Gasteiger partial charge in [-0.2, -0.15) is 0 Å². The molecule has 2 N–H and O–H groups in total. The highest BCUT2D eigenvalue weighted by molar-refractivity contribution is 5.79. The highest BCUT2D eigenvalue weighted by Gasteiger charge is 2.43. The molecule has 0 heterocycles. The number of hydrogen-bond acceptors (Lipinski definition) is 3. The van der Waals surface area contributed by atoms with Crippen LogP contribution in [0.2, 0.25) is 0 Å². The summed E-state index contributed by atoms with van der Waals surface area (Å²) in [4.78, 5) is 23.0. The fraction of sp³-hybridized carbons (Fsp3) is 0.867. The van der Waals surface area contributed by atoms with Crippen LogP contribution in [0.1, 0.15) is 54.4 Å². The van der Waals surface area contributed by atoms with Gasteiger partial charge < -0.3 is 5.11 Å². The topological polar surface area (TPSA) is 77.8 Å². The molecule has 0 saturated heterocycles. The number of carbonyl (C=O) groups excluding carboxylic acids is 1. The fourth-order valence-electron chi connectivity index (χ4n) is 2.79. The zero-order chi connectivity index (χ0) is 16.1. The van der Waals surface area contributed by atoms with Crippen molar-refractivity contribution < 1.29 is 19.9 Å². The van der Waals surface area contributed by atoms with Crippen LogP contribution in [0.3, 0.4) is 0 Å². The lowest BCUT2D eigenvalue weighted by molar-refractivity contribution is -0.179. The third-order valence-electron chi connectivity index (χ3n) is 4.52. The first-order chi connectivity index (χ1) is 9.07. The molecular weight excluding hydrogens is 258 g/mol. The maximum atomic E-state index is 12.5. The van der Waals surface area contributed by atoms with Crippen LogP contribution in [0.25, 0.3) is 0 Å². The van der Waals surface area contributed by atoms with Crippen LogP contribution in [0.15, 0.2) is 0 Å². The summed E-state index contributed by atoms with van der Waals surface area (Å²) in [5.74, 6) is -1.36. The van der Waals surface area contributed by atoms with Gasteiger partial charge in [-0.25, -0.2) is 5.06 Å². The molecule has 20 heavy (non-hydrogen) atoms. The number of hydroxylamine groups is 2. The molecule has 0 aromatic rings. The first-order valence-corrected chi connectivity index (χ1v) is 7.29. The zero-order valence-corrected chi connectivity index (χ0v) is 13.5. The number of aliphatic carboxylic acids is 1. The van der Waals surface area contributed by atoms with E-state index in [0.717, 1.165) is 6.42 Å². The first kappa shape index (κ1) is 18.9. The summed E-state index contributed by atoms with van der Waals surface area (Å²) in [7, 11) is 0. The predicted octanol–water partition coefficient (Wildman–Crippen LogP) is 3.02. The largest absolute Gasteiger partial charge is 0.481 e. The minimum Gasteiger partial charge on any atom is -0.481 e. The molecule has 0 aliphatic heterocycles. The maximum absolute atomic E-state index is 12.5. The molecule has 0 aliphatic carbocycles. The second kappa shape index (κ2) is 7.62. The molecule has 2 unspecified atom stereocenters. The Kier molecular flexibility index (Phi) is 7.20. The van der Waals surface area contributed by atoms with Gasteiger partial charge >= 0.3 is 5.97 Å². The van der Waals surface area contributed by atoms with Crippen molar-refractivity contribution in [2.45, 2.75) is 54.4 Å². The number of nitrogens with zero attached hydrogens (tertiary/aromatic N) is 1. The third kappa shape index (κ3) is 4.47. The van der Waals surface area contributed by atoms with Crippen LogP contribution in [0.4, 0.5) is 0 Å². The Morgan fingerprint density at radius 1 is 1.20 bits per heavy atom. The molecule has 5 heteroatoms. The highest BCUT2D eigenvalue weighted by Crippen LogP contribution is 2.43. The van der Waals surface area contributed by atoms with Gasteiger partial charge in [0, 0.05) is 5.92 Å². The number of carboxylic acids is 1. The molecule has 0 spiro atoms. The summed E-state index contributed by atoms with van der Waals surface area (Å²) >= 11 is 0. The number of amides is 1. The SMILES string of the molecule is CCC(C)(C(C)C)C(C(=O)N(O)CCC(=O)O)C(C)C. The van der Waals surface area contributed by atoms with Gasteiger partial charge in [-0.3, -0.25) is 14.8 Å².